The minimum atomic E-state index is -1.46. The molecule has 0 unspecified atom stereocenters. The van der Waals surface area contributed by atoms with Gasteiger partial charge in [-0.15, -0.1) is 0 Å². The molecule has 4 heterocycles. The van der Waals surface area contributed by atoms with E-state index in [1.807, 2.05) is 12.1 Å². The second kappa shape index (κ2) is 13.1. The largest absolute Gasteiger partial charge is 0.486 e. The summed E-state index contributed by atoms with van der Waals surface area (Å²) in [7, 11) is 0. The number of benzene rings is 2. The van der Waals surface area contributed by atoms with E-state index >= 15 is 0 Å². The molecule has 3 saturated heterocycles. The standard InChI is InChI=1S/C31H35FN8O4/c1-20(41)30(42)40-9-8-28(26(32)16-40)44-27-7-2-21(14-22(27)15-33)29-34-19-35-31(37-29)36-23-3-5-24(6-4-23)38-10-12-39(13-11-38)25-17-43-18-25/h2-7,14,19-20,25-26,28,41H,8-13,16-18H2,1H3,(H,34,35,36,37)/t20-,26-,28+/m0/s1. The van der Waals surface area contributed by atoms with Gasteiger partial charge in [0.2, 0.25) is 5.95 Å². The minimum Gasteiger partial charge on any atom is -0.486 e. The predicted octanol–water partition coefficient (Wildman–Crippen LogP) is 2.37. The summed E-state index contributed by atoms with van der Waals surface area (Å²) in [4.78, 5) is 31.3. The topological polar surface area (TPSA) is 140 Å². The van der Waals surface area contributed by atoms with Crippen LogP contribution >= 0.6 is 0 Å². The van der Waals surface area contributed by atoms with Crippen molar-refractivity contribution in [2.45, 2.75) is 37.8 Å². The van der Waals surface area contributed by atoms with Crippen LogP contribution in [0.5, 0.6) is 5.75 Å². The summed E-state index contributed by atoms with van der Waals surface area (Å²) in [5.74, 6) is 0.452. The van der Waals surface area contributed by atoms with Crippen molar-refractivity contribution in [1.29, 1.82) is 5.26 Å². The van der Waals surface area contributed by atoms with Gasteiger partial charge < -0.3 is 29.7 Å². The van der Waals surface area contributed by atoms with Crippen LogP contribution in [-0.4, -0.2) is 113 Å². The zero-order chi connectivity index (χ0) is 30.6. The molecule has 3 fully saturated rings. The van der Waals surface area contributed by atoms with Gasteiger partial charge in [0.15, 0.2) is 12.0 Å². The molecule has 1 amide bonds. The highest BCUT2D eigenvalue weighted by molar-refractivity contribution is 5.80. The van der Waals surface area contributed by atoms with Crippen molar-refractivity contribution in [2.24, 2.45) is 0 Å². The Morgan fingerprint density at radius 2 is 1.91 bits per heavy atom. The highest BCUT2D eigenvalue weighted by Gasteiger charge is 2.34. The summed E-state index contributed by atoms with van der Waals surface area (Å²) in [6, 6.07) is 15.7. The number of aromatic nitrogens is 3. The van der Waals surface area contributed by atoms with Gasteiger partial charge in [0.1, 0.15) is 30.4 Å². The number of likely N-dealkylation sites (tertiary alicyclic amines) is 1. The Balaban J connectivity index is 1.07. The second-order valence-electron chi connectivity index (χ2n) is 11.3. The maximum atomic E-state index is 14.9. The molecular formula is C31H35FN8O4. The van der Waals surface area contributed by atoms with Crippen LogP contribution in [0.2, 0.25) is 0 Å². The number of nitrogens with zero attached hydrogens (tertiary/aromatic N) is 7. The molecule has 0 saturated carbocycles. The Bertz CT molecular complexity index is 1510. The molecule has 230 valence electrons. The molecule has 3 aliphatic heterocycles. The van der Waals surface area contributed by atoms with Crippen molar-refractivity contribution in [3.05, 3.63) is 54.4 Å². The summed E-state index contributed by atoms with van der Waals surface area (Å²) < 4.78 is 26.1. The fourth-order valence-electron chi connectivity index (χ4n) is 5.66. The Hall–Kier alpha value is -4.38. The van der Waals surface area contributed by atoms with E-state index in [-0.39, 0.29) is 30.8 Å². The van der Waals surface area contributed by atoms with Crippen molar-refractivity contribution in [1.82, 2.24) is 24.8 Å². The highest BCUT2D eigenvalue weighted by atomic mass is 19.1. The third kappa shape index (κ3) is 6.57. The lowest BCUT2D eigenvalue weighted by molar-refractivity contribution is -0.143. The maximum Gasteiger partial charge on any atom is 0.251 e. The van der Waals surface area contributed by atoms with Crippen molar-refractivity contribution in [3.8, 4) is 23.2 Å². The molecule has 2 N–H and O–H groups in total. The van der Waals surface area contributed by atoms with Crippen LogP contribution in [0, 0.1) is 11.3 Å². The summed E-state index contributed by atoms with van der Waals surface area (Å²) in [5.41, 5.74) is 2.79. The quantitative estimate of drug-likeness (QED) is 0.393. The number of nitriles is 1. The van der Waals surface area contributed by atoms with E-state index in [0.717, 1.165) is 45.1 Å². The number of carbonyl (C=O) groups excluding carboxylic acids is 1. The fourth-order valence-corrected chi connectivity index (χ4v) is 5.66. The molecule has 44 heavy (non-hydrogen) atoms. The molecule has 3 aliphatic rings. The number of anilines is 3. The van der Waals surface area contributed by atoms with Gasteiger partial charge in [-0.1, -0.05) is 0 Å². The van der Waals surface area contributed by atoms with E-state index in [4.69, 9.17) is 9.47 Å². The predicted molar refractivity (Wildman–Crippen MR) is 160 cm³/mol. The zero-order valence-electron chi connectivity index (χ0n) is 24.5. The van der Waals surface area contributed by atoms with Gasteiger partial charge in [-0.2, -0.15) is 10.2 Å². The molecule has 3 atom stereocenters. The number of hydrogen-bond donors (Lipinski definition) is 2. The molecule has 0 aliphatic carbocycles. The van der Waals surface area contributed by atoms with Crippen LogP contribution in [0.25, 0.3) is 11.4 Å². The Kier molecular flexibility index (Phi) is 8.83. The van der Waals surface area contributed by atoms with Crippen LogP contribution < -0.4 is 15.0 Å². The van der Waals surface area contributed by atoms with Crippen LogP contribution in [0.1, 0.15) is 18.9 Å². The number of alkyl halides is 1. The SMILES string of the molecule is C[C@H](O)C(=O)N1CC[C@@H](Oc2ccc(-c3ncnc(Nc4ccc(N5CCN(C6COC6)CC5)cc4)n3)cc2C#N)[C@@H](F)C1. The molecule has 13 heteroatoms. The maximum absolute atomic E-state index is 14.9. The smallest absolute Gasteiger partial charge is 0.251 e. The van der Waals surface area contributed by atoms with Gasteiger partial charge in [0.25, 0.3) is 5.91 Å². The third-order valence-corrected chi connectivity index (χ3v) is 8.30. The lowest BCUT2D eigenvalue weighted by Crippen LogP contribution is -2.56. The Morgan fingerprint density at radius 3 is 2.57 bits per heavy atom. The zero-order valence-corrected chi connectivity index (χ0v) is 24.5. The van der Waals surface area contributed by atoms with E-state index in [2.05, 4.69) is 48.3 Å². The van der Waals surface area contributed by atoms with Gasteiger partial charge in [-0.25, -0.2) is 14.4 Å². The van der Waals surface area contributed by atoms with Crippen LogP contribution in [-0.2, 0) is 9.53 Å². The number of aliphatic hydroxyl groups is 1. The fraction of sp³-hybridized carbons (Fsp3) is 0.452. The Morgan fingerprint density at radius 1 is 1.14 bits per heavy atom. The van der Waals surface area contributed by atoms with Gasteiger partial charge in [-0.3, -0.25) is 9.69 Å². The van der Waals surface area contributed by atoms with Gasteiger partial charge >= 0.3 is 0 Å². The van der Waals surface area contributed by atoms with Crippen molar-refractivity contribution in [3.63, 3.8) is 0 Å². The summed E-state index contributed by atoms with van der Waals surface area (Å²) in [6.07, 6.45) is -1.83. The first kappa shape index (κ1) is 29.7. The minimum absolute atomic E-state index is 0.175. The molecule has 0 bridgehead atoms. The average molecular weight is 603 g/mol. The Labute approximate surface area is 255 Å². The second-order valence-corrected chi connectivity index (χ2v) is 11.3. The van der Waals surface area contributed by atoms with Gasteiger partial charge in [0, 0.05) is 56.1 Å². The van der Waals surface area contributed by atoms with Crippen LogP contribution in [0.3, 0.4) is 0 Å². The summed E-state index contributed by atoms with van der Waals surface area (Å²) in [5, 5.41) is 22.5. The molecular weight excluding hydrogens is 567 g/mol. The normalized spacial score (nSPS) is 21.7. The van der Waals surface area contributed by atoms with Gasteiger partial charge in [-0.05, 0) is 49.4 Å². The molecule has 12 nitrogen and oxygen atoms in total. The van der Waals surface area contributed by atoms with Crippen molar-refractivity contribution >= 4 is 23.2 Å². The van der Waals surface area contributed by atoms with Crippen LogP contribution in [0.15, 0.2) is 48.8 Å². The number of hydrogen-bond acceptors (Lipinski definition) is 11. The number of piperazine rings is 1. The first-order valence-electron chi connectivity index (χ1n) is 14.8. The lowest BCUT2D eigenvalue weighted by Gasteiger charge is -2.43. The van der Waals surface area contributed by atoms with E-state index in [1.54, 1.807) is 18.2 Å². The number of rotatable bonds is 8. The summed E-state index contributed by atoms with van der Waals surface area (Å²) in [6.45, 7) is 7.15. The van der Waals surface area contributed by atoms with E-state index in [1.165, 1.54) is 23.8 Å². The number of carbonyl (C=O) groups is 1. The first-order chi connectivity index (χ1) is 21.4. The molecule has 3 aromatic rings. The monoisotopic (exact) mass is 602 g/mol. The number of piperidine rings is 1. The number of nitrogens with one attached hydrogen (secondary N) is 1. The summed E-state index contributed by atoms with van der Waals surface area (Å²) >= 11 is 0. The average Bonchev–Trinajstić information content (AvgIpc) is 3.02. The lowest BCUT2D eigenvalue weighted by atomic mass is 10.0. The van der Waals surface area contributed by atoms with E-state index in [0.29, 0.717) is 23.4 Å². The third-order valence-electron chi connectivity index (χ3n) is 8.30. The molecule has 0 spiro atoms. The highest BCUT2D eigenvalue weighted by Crippen LogP contribution is 2.29. The molecule has 0 radical (unpaired) electrons. The van der Waals surface area contributed by atoms with Crippen LogP contribution in [0.4, 0.5) is 21.7 Å². The molecule has 6 rings (SSSR count). The number of amides is 1. The first-order valence-corrected chi connectivity index (χ1v) is 14.8. The van der Waals surface area contributed by atoms with E-state index < -0.39 is 24.3 Å². The molecule has 1 aromatic heterocycles. The number of ether oxygens (including phenoxy) is 2. The van der Waals surface area contributed by atoms with Crippen molar-refractivity contribution in [2.75, 3.05) is 62.7 Å². The molecule has 2 aromatic carbocycles. The van der Waals surface area contributed by atoms with E-state index in [9.17, 15) is 19.6 Å². The van der Waals surface area contributed by atoms with Gasteiger partial charge in [0.05, 0.1) is 31.4 Å². The van der Waals surface area contributed by atoms with Crippen molar-refractivity contribution < 1.29 is 23.8 Å². The number of halogens is 1. The number of aliphatic hydroxyl groups excluding tert-OH is 1.